The molecule has 2 aromatic carbocycles. The zero-order valence-corrected chi connectivity index (χ0v) is 16.1. The van der Waals surface area contributed by atoms with E-state index in [2.05, 4.69) is 47.4 Å². The Hall–Kier alpha value is -3.21. The summed E-state index contributed by atoms with van der Waals surface area (Å²) in [6, 6.07) is 17.3. The van der Waals surface area contributed by atoms with E-state index in [1.165, 1.54) is 5.56 Å². The lowest BCUT2D eigenvalue weighted by atomic mass is 9.86. The Kier molecular flexibility index (Phi) is 5.21. The molecular formula is C22H24N4O. The molecule has 1 heterocycles. The molecule has 5 nitrogen and oxygen atoms in total. The van der Waals surface area contributed by atoms with Gasteiger partial charge in [-0.05, 0) is 42.2 Å². The fourth-order valence-electron chi connectivity index (χ4n) is 2.82. The molecule has 138 valence electrons. The number of ketones is 1. The fraction of sp³-hybridized carbons (Fsp3) is 0.227. The first-order valence-electron chi connectivity index (χ1n) is 8.90. The minimum Gasteiger partial charge on any atom is -0.340 e. The molecule has 5 heteroatoms. The van der Waals surface area contributed by atoms with E-state index in [0.717, 1.165) is 11.4 Å². The van der Waals surface area contributed by atoms with E-state index in [-0.39, 0.29) is 11.2 Å². The highest BCUT2D eigenvalue weighted by molar-refractivity contribution is 5.95. The normalized spacial score (nSPS) is 11.1. The maximum atomic E-state index is 11.6. The number of aromatic nitrogens is 2. The van der Waals surface area contributed by atoms with Crippen LogP contribution in [0.1, 0.15) is 43.6 Å². The number of rotatable bonds is 5. The van der Waals surface area contributed by atoms with Gasteiger partial charge in [-0.2, -0.15) is 4.98 Å². The summed E-state index contributed by atoms with van der Waals surface area (Å²) in [5.41, 5.74) is 3.66. The van der Waals surface area contributed by atoms with Crippen LogP contribution in [0.15, 0.2) is 60.8 Å². The summed E-state index contributed by atoms with van der Waals surface area (Å²) in [6.45, 7) is 8.08. The zero-order valence-electron chi connectivity index (χ0n) is 16.1. The van der Waals surface area contributed by atoms with Crippen LogP contribution in [0.2, 0.25) is 0 Å². The summed E-state index contributed by atoms with van der Waals surface area (Å²) in [6.07, 6.45) is 1.70. The van der Waals surface area contributed by atoms with Crippen LogP contribution in [0, 0.1) is 0 Å². The summed E-state index contributed by atoms with van der Waals surface area (Å²) < 4.78 is 0. The van der Waals surface area contributed by atoms with Crippen LogP contribution >= 0.6 is 0 Å². The number of nitrogens with one attached hydrogen (secondary N) is 2. The van der Waals surface area contributed by atoms with Crippen molar-refractivity contribution in [1.82, 2.24) is 9.97 Å². The van der Waals surface area contributed by atoms with Crippen LogP contribution in [0.25, 0.3) is 0 Å². The first-order valence-corrected chi connectivity index (χ1v) is 8.90. The summed E-state index contributed by atoms with van der Waals surface area (Å²) in [7, 11) is 0. The average molecular weight is 360 g/mol. The molecular weight excluding hydrogens is 336 g/mol. The van der Waals surface area contributed by atoms with Crippen molar-refractivity contribution < 1.29 is 4.79 Å². The van der Waals surface area contributed by atoms with Crippen molar-refractivity contribution in [2.45, 2.75) is 33.1 Å². The van der Waals surface area contributed by atoms with E-state index < -0.39 is 0 Å². The van der Waals surface area contributed by atoms with Crippen LogP contribution in [0.4, 0.5) is 23.1 Å². The summed E-state index contributed by atoms with van der Waals surface area (Å²) >= 11 is 0. The number of benzene rings is 2. The van der Waals surface area contributed by atoms with Gasteiger partial charge >= 0.3 is 0 Å². The number of carbonyl (C=O) groups is 1. The second-order valence-electron chi connectivity index (χ2n) is 7.45. The predicted molar refractivity (Wildman–Crippen MR) is 110 cm³/mol. The van der Waals surface area contributed by atoms with Gasteiger partial charge in [-0.1, -0.05) is 51.1 Å². The third kappa shape index (κ3) is 4.70. The third-order valence-corrected chi connectivity index (χ3v) is 4.18. The van der Waals surface area contributed by atoms with E-state index in [9.17, 15) is 4.79 Å². The number of nitrogens with zero attached hydrogens (tertiary/aromatic N) is 2. The Balaban J connectivity index is 1.83. The molecule has 3 aromatic rings. The van der Waals surface area contributed by atoms with Gasteiger partial charge in [0.05, 0.1) is 0 Å². The minimum atomic E-state index is 0.00653. The molecule has 0 saturated heterocycles. The van der Waals surface area contributed by atoms with E-state index in [1.807, 2.05) is 36.4 Å². The smallest absolute Gasteiger partial charge is 0.229 e. The van der Waals surface area contributed by atoms with Crippen molar-refractivity contribution in [2.75, 3.05) is 10.6 Å². The Morgan fingerprint density at radius 3 is 2.48 bits per heavy atom. The van der Waals surface area contributed by atoms with Gasteiger partial charge < -0.3 is 10.6 Å². The van der Waals surface area contributed by atoms with Gasteiger partial charge in [0.1, 0.15) is 5.82 Å². The molecule has 0 aliphatic heterocycles. The first kappa shape index (κ1) is 18.6. The Labute approximate surface area is 159 Å². The molecule has 0 amide bonds. The minimum absolute atomic E-state index is 0.00653. The predicted octanol–water partition coefficient (Wildman–Crippen LogP) is 5.46. The highest BCUT2D eigenvalue weighted by Gasteiger charge is 2.17. The molecule has 27 heavy (non-hydrogen) atoms. The van der Waals surface area contributed by atoms with E-state index in [4.69, 9.17) is 0 Å². The summed E-state index contributed by atoms with van der Waals surface area (Å²) in [5.74, 6) is 1.20. The Bertz CT molecular complexity index is 960. The Morgan fingerprint density at radius 1 is 0.963 bits per heavy atom. The lowest BCUT2D eigenvalue weighted by molar-refractivity contribution is 0.101. The number of hydrogen-bond acceptors (Lipinski definition) is 5. The second-order valence-corrected chi connectivity index (χ2v) is 7.45. The SMILES string of the molecule is CC(=O)c1cccc(Nc2ccnc(Nc3ccccc3C(C)(C)C)n2)c1. The van der Waals surface area contributed by atoms with Gasteiger partial charge in [0.2, 0.25) is 5.95 Å². The molecule has 0 bridgehead atoms. The lowest BCUT2D eigenvalue weighted by Crippen LogP contribution is -2.14. The van der Waals surface area contributed by atoms with E-state index in [0.29, 0.717) is 17.3 Å². The topological polar surface area (TPSA) is 66.9 Å². The first-order chi connectivity index (χ1) is 12.8. The van der Waals surface area contributed by atoms with Crippen LogP contribution in [-0.4, -0.2) is 15.8 Å². The van der Waals surface area contributed by atoms with Crippen LogP contribution in [0.3, 0.4) is 0 Å². The molecule has 0 spiro atoms. The number of para-hydroxylation sites is 1. The van der Waals surface area contributed by atoms with Gasteiger partial charge in [-0.15, -0.1) is 0 Å². The van der Waals surface area contributed by atoms with Crippen molar-refractivity contribution in [1.29, 1.82) is 0 Å². The van der Waals surface area contributed by atoms with E-state index in [1.54, 1.807) is 25.3 Å². The number of hydrogen-bond donors (Lipinski definition) is 2. The fourth-order valence-corrected chi connectivity index (χ4v) is 2.82. The number of carbonyl (C=O) groups excluding carboxylic acids is 1. The van der Waals surface area contributed by atoms with Gasteiger partial charge in [0.15, 0.2) is 5.78 Å². The molecule has 0 fully saturated rings. The monoisotopic (exact) mass is 360 g/mol. The van der Waals surface area contributed by atoms with Crippen molar-refractivity contribution in [3.05, 3.63) is 71.9 Å². The van der Waals surface area contributed by atoms with Gasteiger partial charge in [0.25, 0.3) is 0 Å². The van der Waals surface area contributed by atoms with Crippen molar-refractivity contribution >= 4 is 28.9 Å². The van der Waals surface area contributed by atoms with Crippen LogP contribution in [0.5, 0.6) is 0 Å². The van der Waals surface area contributed by atoms with Crippen molar-refractivity contribution in [3.8, 4) is 0 Å². The van der Waals surface area contributed by atoms with Gasteiger partial charge in [-0.25, -0.2) is 4.98 Å². The summed E-state index contributed by atoms with van der Waals surface area (Å²) in [5, 5.41) is 6.55. The highest BCUT2D eigenvalue weighted by atomic mass is 16.1. The molecule has 0 aliphatic carbocycles. The molecule has 0 aliphatic rings. The molecule has 2 N–H and O–H groups in total. The largest absolute Gasteiger partial charge is 0.340 e. The third-order valence-electron chi connectivity index (χ3n) is 4.18. The van der Waals surface area contributed by atoms with Crippen LogP contribution in [-0.2, 0) is 5.41 Å². The highest BCUT2D eigenvalue weighted by Crippen LogP contribution is 2.30. The quantitative estimate of drug-likeness (QED) is 0.591. The molecule has 0 radical (unpaired) electrons. The number of Topliss-reactive ketones (excluding diaryl/α,β-unsaturated/α-hetero) is 1. The van der Waals surface area contributed by atoms with Gasteiger partial charge in [0, 0.05) is 23.1 Å². The lowest BCUT2D eigenvalue weighted by Gasteiger charge is -2.23. The van der Waals surface area contributed by atoms with Gasteiger partial charge in [-0.3, -0.25) is 4.79 Å². The Morgan fingerprint density at radius 2 is 1.74 bits per heavy atom. The molecule has 1 aromatic heterocycles. The average Bonchev–Trinajstić information content (AvgIpc) is 2.62. The maximum Gasteiger partial charge on any atom is 0.229 e. The number of anilines is 4. The second kappa shape index (κ2) is 7.58. The standard InChI is InChI=1S/C22H24N4O/c1-15(27)16-8-7-9-17(14-16)24-20-12-13-23-21(26-20)25-19-11-6-5-10-18(19)22(2,3)4/h5-14H,1-4H3,(H2,23,24,25,26). The zero-order chi connectivity index (χ0) is 19.4. The summed E-state index contributed by atoms with van der Waals surface area (Å²) in [4.78, 5) is 20.4. The molecule has 0 unspecified atom stereocenters. The van der Waals surface area contributed by atoms with Crippen molar-refractivity contribution in [2.24, 2.45) is 0 Å². The maximum absolute atomic E-state index is 11.6. The molecule has 0 atom stereocenters. The molecule has 0 saturated carbocycles. The molecule has 3 rings (SSSR count). The van der Waals surface area contributed by atoms with Crippen molar-refractivity contribution in [3.63, 3.8) is 0 Å². The van der Waals surface area contributed by atoms with Crippen LogP contribution < -0.4 is 10.6 Å². The van der Waals surface area contributed by atoms with E-state index >= 15 is 0 Å².